The van der Waals surface area contributed by atoms with Gasteiger partial charge in [0.2, 0.25) is 0 Å². The van der Waals surface area contributed by atoms with Crippen LogP contribution >= 0.6 is 0 Å². The zero-order valence-corrected chi connectivity index (χ0v) is 18.2. The third kappa shape index (κ3) is 4.14. The summed E-state index contributed by atoms with van der Waals surface area (Å²) in [4.78, 5) is 39.2. The maximum Gasteiger partial charge on any atom is 0.338 e. The summed E-state index contributed by atoms with van der Waals surface area (Å²) in [5, 5.41) is 11.3. The number of carbonyl (C=O) groups excluding carboxylic acids is 2. The van der Waals surface area contributed by atoms with E-state index in [1.54, 1.807) is 19.0 Å². The fourth-order valence-electron chi connectivity index (χ4n) is 3.85. The number of nitro groups is 1. The molecule has 0 radical (unpaired) electrons. The Bertz CT molecular complexity index is 1090. The van der Waals surface area contributed by atoms with Crippen LogP contribution in [0.5, 0.6) is 0 Å². The summed E-state index contributed by atoms with van der Waals surface area (Å²) in [6, 6.07) is 12.0. The van der Waals surface area contributed by atoms with Crippen molar-refractivity contribution in [2.75, 3.05) is 37.5 Å². The van der Waals surface area contributed by atoms with Gasteiger partial charge in [-0.1, -0.05) is 32.0 Å². The van der Waals surface area contributed by atoms with Gasteiger partial charge in [0, 0.05) is 50.1 Å². The van der Waals surface area contributed by atoms with Gasteiger partial charge in [0.1, 0.15) is 5.69 Å². The number of fused-ring (bicyclic) bond motifs is 1. The first-order valence-corrected chi connectivity index (χ1v) is 9.75. The van der Waals surface area contributed by atoms with Gasteiger partial charge in [0.25, 0.3) is 5.69 Å². The molecule has 0 saturated carbocycles. The third-order valence-corrected chi connectivity index (χ3v) is 5.47. The quantitative estimate of drug-likeness (QED) is 0.303. The van der Waals surface area contributed by atoms with E-state index in [9.17, 15) is 19.7 Å². The van der Waals surface area contributed by atoms with Gasteiger partial charge in [-0.25, -0.2) is 4.79 Å². The van der Waals surface area contributed by atoms with Crippen LogP contribution in [-0.4, -0.2) is 44.4 Å². The average Bonchev–Trinajstić information content (AvgIpc) is 2.92. The van der Waals surface area contributed by atoms with Crippen LogP contribution in [0.2, 0.25) is 0 Å². The maximum atomic E-state index is 12.5. The zero-order valence-electron chi connectivity index (χ0n) is 18.2. The normalized spacial score (nSPS) is 15.5. The van der Waals surface area contributed by atoms with E-state index < -0.39 is 17.5 Å². The van der Waals surface area contributed by atoms with Gasteiger partial charge in [-0.3, -0.25) is 14.9 Å². The fourth-order valence-corrected chi connectivity index (χ4v) is 3.85. The van der Waals surface area contributed by atoms with Crippen molar-refractivity contribution < 1.29 is 19.2 Å². The number of nitrogens with zero attached hydrogens (tertiary/aromatic N) is 3. The molecule has 1 heterocycles. The molecule has 0 unspecified atom stereocenters. The van der Waals surface area contributed by atoms with Gasteiger partial charge in [-0.05, 0) is 23.8 Å². The van der Waals surface area contributed by atoms with Crippen molar-refractivity contribution in [1.82, 2.24) is 0 Å². The van der Waals surface area contributed by atoms with Crippen molar-refractivity contribution in [1.29, 1.82) is 0 Å². The molecule has 162 valence electrons. The number of hydrogen-bond donors (Lipinski definition) is 0. The summed E-state index contributed by atoms with van der Waals surface area (Å²) in [6.07, 6.45) is 1.49. The number of likely N-dealkylation sites (N-methyl/N-ethyl adjacent to an activating group) is 1. The number of hydrogen-bond acceptors (Lipinski definition) is 7. The van der Waals surface area contributed by atoms with Crippen molar-refractivity contribution in [3.63, 3.8) is 0 Å². The Morgan fingerprint density at radius 3 is 2.48 bits per heavy atom. The molecule has 31 heavy (non-hydrogen) atoms. The van der Waals surface area contributed by atoms with Crippen molar-refractivity contribution in [3.8, 4) is 0 Å². The lowest BCUT2D eigenvalue weighted by Gasteiger charge is -2.23. The third-order valence-electron chi connectivity index (χ3n) is 5.47. The highest BCUT2D eigenvalue weighted by Gasteiger charge is 2.38. The number of anilines is 2. The van der Waals surface area contributed by atoms with Crippen molar-refractivity contribution in [2.24, 2.45) is 0 Å². The number of carbonyl (C=O) groups is 2. The Kier molecular flexibility index (Phi) is 5.83. The second kappa shape index (κ2) is 8.22. The Balaban J connectivity index is 1.74. The molecule has 1 aliphatic rings. The molecule has 2 aromatic rings. The Morgan fingerprint density at radius 1 is 1.19 bits per heavy atom. The van der Waals surface area contributed by atoms with Gasteiger partial charge in [-0.2, -0.15) is 0 Å². The molecule has 0 N–H and O–H groups in total. The molecule has 0 aliphatic carbocycles. The largest absolute Gasteiger partial charge is 0.454 e. The zero-order chi connectivity index (χ0) is 22.9. The molecule has 0 saturated heterocycles. The summed E-state index contributed by atoms with van der Waals surface area (Å²) < 4.78 is 5.13. The number of ketones is 1. The molecular formula is C23H25N3O5. The second-order valence-corrected chi connectivity index (χ2v) is 8.13. The highest BCUT2D eigenvalue weighted by atomic mass is 16.6. The smallest absolute Gasteiger partial charge is 0.338 e. The van der Waals surface area contributed by atoms with Crippen LogP contribution < -0.4 is 9.80 Å². The lowest BCUT2D eigenvalue weighted by molar-refractivity contribution is -0.384. The van der Waals surface area contributed by atoms with Crippen molar-refractivity contribution in [3.05, 3.63) is 75.5 Å². The molecule has 0 spiro atoms. The molecule has 0 fully saturated rings. The number of nitro benzene ring substituents is 1. The molecule has 1 aliphatic heterocycles. The minimum Gasteiger partial charge on any atom is -0.454 e. The van der Waals surface area contributed by atoms with Crippen LogP contribution in [-0.2, 0) is 14.9 Å². The lowest BCUT2D eigenvalue weighted by atomic mass is 9.83. The molecule has 8 heteroatoms. The molecule has 0 atom stereocenters. The van der Waals surface area contributed by atoms with Gasteiger partial charge in [0.05, 0.1) is 10.5 Å². The van der Waals surface area contributed by atoms with Gasteiger partial charge >= 0.3 is 5.97 Å². The monoisotopic (exact) mass is 423 g/mol. The molecule has 0 amide bonds. The Hall–Kier alpha value is -3.68. The summed E-state index contributed by atoms with van der Waals surface area (Å²) in [5.41, 5.74) is 2.75. The highest BCUT2D eigenvalue weighted by molar-refractivity contribution is 5.97. The van der Waals surface area contributed by atoms with E-state index in [1.165, 1.54) is 18.2 Å². The van der Waals surface area contributed by atoms with Crippen LogP contribution in [0.4, 0.5) is 17.1 Å². The minimum absolute atomic E-state index is 0.0171. The summed E-state index contributed by atoms with van der Waals surface area (Å²) >= 11 is 0. The van der Waals surface area contributed by atoms with Gasteiger partial charge in [-0.15, -0.1) is 0 Å². The van der Waals surface area contributed by atoms with Crippen LogP contribution in [0, 0.1) is 10.1 Å². The number of allylic oxidation sites excluding steroid dienone is 1. The lowest BCUT2D eigenvalue weighted by Crippen LogP contribution is -2.25. The number of ether oxygens (including phenoxy) is 1. The van der Waals surface area contributed by atoms with E-state index in [-0.39, 0.29) is 22.4 Å². The first kappa shape index (κ1) is 22.0. The first-order valence-electron chi connectivity index (χ1n) is 9.75. The fraction of sp³-hybridized carbons (Fsp3) is 0.304. The summed E-state index contributed by atoms with van der Waals surface area (Å²) in [5.74, 6) is -1.15. The van der Waals surface area contributed by atoms with Crippen LogP contribution in [0.3, 0.4) is 0 Å². The van der Waals surface area contributed by atoms with Crippen LogP contribution in [0.1, 0.15) is 29.8 Å². The van der Waals surface area contributed by atoms with E-state index in [2.05, 4.69) is 0 Å². The number of esters is 1. The SMILES string of the molecule is CN(C)c1ccc(C(=O)OCC(=O)/C=C2/N(C)c3ccccc3C2(C)C)cc1[N+](=O)[O-]. The van der Waals surface area contributed by atoms with Crippen LogP contribution in [0.25, 0.3) is 0 Å². The predicted molar refractivity (Wildman–Crippen MR) is 119 cm³/mol. The number of para-hydroxylation sites is 1. The first-order chi connectivity index (χ1) is 14.5. The molecule has 0 bridgehead atoms. The topological polar surface area (TPSA) is 93.0 Å². The second-order valence-electron chi connectivity index (χ2n) is 8.13. The van der Waals surface area contributed by atoms with Crippen molar-refractivity contribution in [2.45, 2.75) is 19.3 Å². The minimum atomic E-state index is -0.789. The van der Waals surface area contributed by atoms with E-state index in [1.807, 2.05) is 50.1 Å². The standard InChI is InChI=1S/C23H25N3O5/c1-23(2)17-8-6-7-9-18(17)25(5)21(23)13-16(27)14-31-22(28)15-10-11-19(24(3)4)20(12-15)26(29)30/h6-13H,14H2,1-5H3/b21-13+. The Labute approximate surface area is 180 Å². The average molecular weight is 423 g/mol. The molecule has 3 rings (SSSR count). The van der Waals surface area contributed by atoms with Crippen molar-refractivity contribution >= 4 is 28.8 Å². The molecule has 0 aromatic heterocycles. The molecule has 2 aromatic carbocycles. The highest BCUT2D eigenvalue weighted by Crippen LogP contribution is 2.46. The van der Waals surface area contributed by atoms with Crippen LogP contribution in [0.15, 0.2) is 54.2 Å². The maximum absolute atomic E-state index is 12.5. The van der Waals surface area contributed by atoms with E-state index >= 15 is 0 Å². The van der Waals surface area contributed by atoms with E-state index in [4.69, 9.17) is 4.74 Å². The van der Waals surface area contributed by atoms with Gasteiger partial charge < -0.3 is 14.5 Å². The summed E-state index contributed by atoms with van der Waals surface area (Å²) in [7, 11) is 5.24. The van der Waals surface area contributed by atoms with E-state index in [0.717, 1.165) is 23.0 Å². The molecular weight excluding hydrogens is 398 g/mol. The van der Waals surface area contributed by atoms with E-state index in [0.29, 0.717) is 5.69 Å². The number of benzene rings is 2. The predicted octanol–water partition coefficient (Wildman–Crippen LogP) is 3.70. The molecule has 8 nitrogen and oxygen atoms in total. The summed E-state index contributed by atoms with van der Waals surface area (Å²) in [6.45, 7) is 3.61. The Morgan fingerprint density at radius 2 is 1.87 bits per heavy atom. The number of rotatable bonds is 6. The van der Waals surface area contributed by atoms with Gasteiger partial charge in [0.15, 0.2) is 12.4 Å².